The molecule has 0 bridgehead atoms. The van der Waals surface area contributed by atoms with Crippen LogP contribution in [0.1, 0.15) is 32.1 Å². The van der Waals surface area contributed by atoms with Gasteiger partial charge in [0, 0.05) is 13.5 Å². The van der Waals surface area contributed by atoms with Crippen LogP contribution in [0.5, 0.6) is 0 Å². The van der Waals surface area contributed by atoms with Crippen molar-refractivity contribution in [2.45, 2.75) is 38.2 Å². The SMILES string of the molecule is CO[C@@H]1CCCC[C@@H]1CC(=O)NN. The quantitative estimate of drug-likeness (QED) is 0.385. The molecule has 1 amide bonds. The third kappa shape index (κ3) is 2.97. The molecule has 4 heteroatoms. The van der Waals surface area contributed by atoms with E-state index in [9.17, 15) is 4.79 Å². The number of nitrogens with two attached hydrogens (primary N) is 1. The minimum Gasteiger partial charge on any atom is -0.381 e. The lowest BCUT2D eigenvalue weighted by atomic mass is 9.84. The smallest absolute Gasteiger partial charge is 0.234 e. The molecular weight excluding hydrogens is 168 g/mol. The van der Waals surface area contributed by atoms with Crippen molar-refractivity contribution in [3.8, 4) is 0 Å². The summed E-state index contributed by atoms with van der Waals surface area (Å²) in [5.74, 6) is 5.30. The van der Waals surface area contributed by atoms with Crippen LogP contribution in [-0.2, 0) is 9.53 Å². The third-order valence-electron chi connectivity index (χ3n) is 2.75. The number of hydrogen-bond acceptors (Lipinski definition) is 3. The molecule has 13 heavy (non-hydrogen) atoms. The Morgan fingerprint density at radius 3 is 2.85 bits per heavy atom. The van der Waals surface area contributed by atoms with Gasteiger partial charge in [-0.25, -0.2) is 5.84 Å². The number of rotatable bonds is 3. The van der Waals surface area contributed by atoms with Crippen LogP contribution >= 0.6 is 0 Å². The van der Waals surface area contributed by atoms with Crippen LogP contribution in [0.15, 0.2) is 0 Å². The van der Waals surface area contributed by atoms with Gasteiger partial charge >= 0.3 is 0 Å². The van der Waals surface area contributed by atoms with Crippen LogP contribution in [0.2, 0.25) is 0 Å². The Balaban J connectivity index is 2.40. The zero-order valence-electron chi connectivity index (χ0n) is 8.08. The van der Waals surface area contributed by atoms with Gasteiger partial charge in [0.25, 0.3) is 0 Å². The number of nitrogens with one attached hydrogen (secondary N) is 1. The molecule has 1 aliphatic carbocycles. The van der Waals surface area contributed by atoms with Gasteiger partial charge in [-0.15, -0.1) is 0 Å². The normalized spacial score (nSPS) is 28.5. The number of amides is 1. The summed E-state index contributed by atoms with van der Waals surface area (Å²) in [6.45, 7) is 0. The Kier molecular flexibility index (Phi) is 4.18. The molecule has 1 saturated carbocycles. The summed E-state index contributed by atoms with van der Waals surface area (Å²) in [6, 6.07) is 0. The molecular formula is C9H18N2O2. The average Bonchev–Trinajstić information content (AvgIpc) is 2.18. The predicted molar refractivity (Wildman–Crippen MR) is 49.7 cm³/mol. The van der Waals surface area contributed by atoms with E-state index in [1.165, 1.54) is 12.8 Å². The second-order valence-electron chi connectivity index (χ2n) is 3.59. The lowest BCUT2D eigenvalue weighted by Gasteiger charge is -2.29. The first-order chi connectivity index (χ1) is 6.27. The fourth-order valence-electron chi connectivity index (χ4n) is 2.01. The van der Waals surface area contributed by atoms with Crippen LogP contribution in [-0.4, -0.2) is 19.1 Å². The number of carbonyl (C=O) groups is 1. The summed E-state index contributed by atoms with van der Waals surface area (Å²) in [5.41, 5.74) is 2.16. The Hall–Kier alpha value is -0.610. The molecule has 1 fully saturated rings. The maximum absolute atomic E-state index is 11.0. The summed E-state index contributed by atoms with van der Waals surface area (Å²) in [6.07, 6.45) is 5.28. The Bertz CT molecular complexity index is 173. The fraction of sp³-hybridized carbons (Fsp3) is 0.889. The highest BCUT2D eigenvalue weighted by Crippen LogP contribution is 2.28. The van der Waals surface area contributed by atoms with Gasteiger partial charge in [-0.3, -0.25) is 10.2 Å². The van der Waals surface area contributed by atoms with Gasteiger partial charge in [0.15, 0.2) is 0 Å². The molecule has 0 unspecified atom stereocenters. The van der Waals surface area contributed by atoms with E-state index >= 15 is 0 Å². The molecule has 4 nitrogen and oxygen atoms in total. The van der Waals surface area contributed by atoms with Crippen molar-refractivity contribution in [1.82, 2.24) is 5.43 Å². The summed E-state index contributed by atoms with van der Waals surface area (Å²) >= 11 is 0. The van der Waals surface area contributed by atoms with Gasteiger partial charge in [0.1, 0.15) is 0 Å². The second-order valence-corrected chi connectivity index (χ2v) is 3.59. The van der Waals surface area contributed by atoms with Gasteiger partial charge in [-0.2, -0.15) is 0 Å². The molecule has 76 valence electrons. The van der Waals surface area contributed by atoms with Gasteiger partial charge in [-0.05, 0) is 18.8 Å². The first kappa shape index (κ1) is 10.5. The van der Waals surface area contributed by atoms with Crippen molar-refractivity contribution >= 4 is 5.91 Å². The van der Waals surface area contributed by atoms with Crippen LogP contribution in [0, 0.1) is 5.92 Å². The maximum atomic E-state index is 11.0. The zero-order chi connectivity index (χ0) is 9.68. The van der Waals surface area contributed by atoms with E-state index in [4.69, 9.17) is 10.6 Å². The first-order valence-electron chi connectivity index (χ1n) is 4.80. The van der Waals surface area contributed by atoms with E-state index in [0.717, 1.165) is 12.8 Å². The van der Waals surface area contributed by atoms with E-state index in [2.05, 4.69) is 5.43 Å². The van der Waals surface area contributed by atoms with E-state index < -0.39 is 0 Å². The zero-order valence-corrected chi connectivity index (χ0v) is 8.08. The van der Waals surface area contributed by atoms with Crippen molar-refractivity contribution in [2.24, 2.45) is 11.8 Å². The minimum absolute atomic E-state index is 0.0889. The predicted octanol–water partition coefficient (Wildman–Crippen LogP) is 0.572. The Morgan fingerprint density at radius 1 is 1.54 bits per heavy atom. The fourth-order valence-corrected chi connectivity index (χ4v) is 2.01. The standard InChI is InChI=1S/C9H18N2O2/c1-13-8-5-3-2-4-7(8)6-9(12)11-10/h7-8H,2-6,10H2,1H3,(H,11,12)/t7-,8-/m1/s1. The molecule has 0 spiro atoms. The molecule has 0 aromatic carbocycles. The molecule has 3 N–H and O–H groups in total. The highest BCUT2D eigenvalue weighted by molar-refractivity contribution is 5.75. The van der Waals surface area contributed by atoms with Crippen LogP contribution in [0.25, 0.3) is 0 Å². The molecule has 0 aromatic rings. The van der Waals surface area contributed by atoms with E-state index in [1.807, 2.05) is 0 Å². The van der Waals surface area contributed by atoms with Crippen LogP contribution < -0.4 is 11.3 Å². The number of hydrogen-bond donors (Lipinski definition) is 2. The van der Waals surface area contributed by atoms with Crippen molar-refractivity contribution in [2.75, 3.05) is 7.11 Å². The van der Waals surface area contributed by atoms with Crippen molar-refractivity contribution in [1.29, 1.82) is 0 Å². The van der Waals surface area contributed by atoms with Gasteiger partial charge in [-0.1, -0.05) is 12.8 Å². The van der Waals surface area contributed by atoms with Crippen LogP contribution in [0.4, 0.5) is 0 Å². The topological polar surface area (TPSA) is 64.3 Å². The minimum atomic E-state index is -0.0889. The van der Waals surface area contributed by atoms with E-state index in [-0.39, 0.29) is 12.0 Å². The van der Waals surface area contributed by atoms with E-state index in [1.54, 1.807) is 7.11 Å². The first-order valence-corrected chi connectivity index (χ1v) is 4.80. The monoisotopic (exact) mass is 186 g/mol. The van der Waals surface area contributed by atoms with Crippen molar-refractivity contribution in [3.05, 3.63) is 0 Å². The number of ether oxygens (including phenoxy) is 1. The average molecular weight is 186 g/mol. The van der Waals surface area contributed by atoms with E-state index in [0.29, 0.717) is 12.3 Å². The summed E-state index contributed by atoms with van der Waals surface area (Å²) < 4.78 is 5.33. The van der Waals surface area contributed by atoms with Crippen molar-refractivity contribution in [3.63, 3.8) is 0 Å². The van der Waals surface area contributed by atoms with Gasteiger partial charge < -0.3 is 4.74 Å². The molecule has 2 atom stereocenters. The highest BCUT2D eigenvalue weighted by atomic mass is 16.5. The lowest BCUT2D eigenvalue weighted by Crippen LogP contribution is -2.36. The third-order valence-corrected chi connectivity index (χ3v) is 2.75. The molecule has 0 aromatic heterocycles. The number of methoxy groups -OCH3 is 1. The molecule has 0 radical (unpaired) electrons. The number of hydrazine groups is 1. The lowest BCUT2D eigenvalue weighted by molar-refractivity contribution is -0.123. The van der Waals surface area contributed by atoms with Crippen molar-refractivity contribution < 1.29 is 9.53 Å². The molecule has 1 aliphatic rings. The second kappa shape index (κ2) is 5.19. The van der Waals surface area contributed by atoms with Gasteiger partial charge in [0.05, 0.1) is 6.10 Å². The molecule has 0 heterocycles. The number of carbonyl (C=O) groups excluding carboxylic acids is 1. The highest BCUT2D eigenvalue weighted by Gasteiger charge is 2.26. The summed E-state index contributed by atoms with van der Waals surface area (Å²) in [7, 11) is 1.71. The maximum Gasteiger partial charge on any atom is 0.234 e. The summed E-state index contributed by atoms with van der Waals surface area (Å²) in [5, 5.41) is 0. The van der Waals surface area contributed by atoms with Gasteiger partial charge in [0.2, 0.25) is 5.91 Å². The largest absolute Gasteiger partial charge is 0.381 e. The summed E-state index contributed by atoms with van der Waals surface area (Å²) in [4.78, 5) is 11.0. The van der Waals surface area contributed by atoms with Crippen LogP contribution in [0.3, 0.4) is 0 Å². The Morgan fingerprint density at radius 2 is 2.23 bits per heavy atom. The Labute approximate surface area is 78.8 Å². The molecule has 0 aliphatic heterocycles. The molecule has 0 saturated heterocycles. The molecule has 1 rings (SSSR count).